The van der Waals surface area contributed by atoms with Gasteiger partial charge in [-0.25, -0.2) is 0 Å². The molecule has 2 nitrogen and oxygen atoms in total. The second-order valence-electron chi connectivity index (χ2n) is 5.03. The fourth-order valence-corrected chi connectivity index (χ4v) is 3.15. The minimum atomic E-state index is 0.825. The van der Waals surface area contributed by atoms with E-state index in [2.05, 4.69) is 33.8 Å². The van der Waals surface area contributed by atoms with Gasteiger partial charge in [0.25, 0.3) is 0 Å². The van der Waals surface area contributed by atoms with E-state index in [4.69, 9.17) is 5.73 Å². The Hall–Kier alpha value is -0.540. The third kappa shape index (κ3) is 3.46. The molecule has 0 spiro atoms. The van der Waals surface area contributed by atoms with Crippen LogP contribution in [0.25, 0.3) is 0 Å². The molecule has 1 fully saturated rings. The van der Waals surface area contributed by atoms with Crippen molar-refractivity contribution in [1.82, 2.24) is 4.90 Å². The molecular formula is C14H21BrN2. The Morgan fingerprint density at radius 3 is 3.00 bits per heavy atom. The van der Waals surface area contributed by atoms with Gasteiger partial charge in [-0.2, -0.15) is 0 Å². The standard InChI is InChI=1S/C14H21BrN2/c1-2-3-11-6-7-17(9-11)10-12-4-5-13(16)8-14(12)15/h4-5,8,11H,2-3,6-7,9-10,16H2,1H3. The maximum Gasteiger partial charge on any atom is 0.0325 e. The van der Waals surface area contributed by atoms with Crippen LogP contribution in [0.5, 0.6) is 0 Å². The number of nitrogens with two attached hydrogens (primary N) is 1. The maximum absolute atomic E-state index is 5.75. The van der Waals surface area contributed by atoms with Gasteiger partial charge in [-0.3, -0.25) is 4.90 Å². The molecule has 17 heavy (non-hydrogen) atoms. The topological polar surface area (TPSA) is 29.3 Å². The fourth-order valence-electron chi connectivity index (χ4n) is 2.63. The van der Waals surface area contributed by atoms with Crippen LogP contribution in [-0.2, 0) is 6.54 Å². The van der Waals surface area contributed by atoms with Crippen LogP contribution >= 0.6 is 15.9 Å². The second-order valence-corrected chi connectivity index (χ2v) is 5.88. The molecule has 0 aromatic heterocycles. The minimum absolute atomic E-state index is 0.825. The van der Waals surface area contributed by atoms with Gasteiger partial charge in [-0.15, -0.1) is 0 Å². The first kappa shape index (κ1) is 12.9. The zero-order valence-electron chi connectivity index (χ0n) is 10.5. The molecular weight excluding hydrogens is 276 g/mol. The second kappa shape index (κ2) is 5.87. The van der Waals surface area contributed by atoms with Crippen molar-refractivity contribution in [2.45, 2.75) is 32.7 Å². The smallest absolute Gasteiger partial charge is 0.0325 e. The predicted molar refractivity (Wildman–Crippen MR) is 76.8 cm³/mol. The maximum atomic E-state index is 5.75. The molecule has 1 heterocycles. The summed E-state index contributed by atoms with van der Waals surface area (Å²) in [4.78, 5) is 2.55. The van der Waals surface area contributed by atoms with Gasteiger partial charge in [0.2, 0.25) is 0 Å². The van der Waals surface area contributed by atoms with Crippen LogP contribution in [0.1, 0.15) is 31.7 Å². The van der Waals surface area contributed by atoms with Gasteiger partial charge in [0.05, 0.1) is 0 Å². The fraction of sp³-hybridized carbons (Fsp3) is 0.571. The number of hydrogen-bond acceptors (Lipinski definition) is 2. The lowest BCUT2D eigenvalue weighted by molar-refractivity contribution is 0.312. The average molecular weight is 297 g/mol. The van der Waals surface area contributed by atoms with E-state index >= 15 is 0 Å². The van der Waals surface area contributed by atoms with Crippen LogP contribution in [0, 0.1) is 5.92 Å². The lowest BCUT2D eigenvalue weighted by Crippen LogP contribution is -2.20. The van der Waals surface area contributed by atoms with E-state index in [9.17, 15) is 0 Å². The van der Waals surface area contributed by atoms with E-state index in [1.54, 1.807) is 0 Å². The van der Waals surface area contributed by atoms with Gasteiger partial charge in [-0.1, -0.05) is 35.3 Å². The number of halogens is 1. The molecule has 2 rings (SSSR count). The summed E-state index contributed by atoms with van der Waals surface area (Å²) >= 11 is 3.59. The van der Waals surface area contributed by atoms with Crippen LogP contribution in [0.4, 0.5) is 5.69 Å². The Labute approximate surface area is 112 Å². The summed E-state index contributed by atoms with van der Waals surface area (Å²) in [6.07, 6.45) is 4.05. The normalized spacial score (nSPS) is 20.9. The molecule has 1 atom stereocenters. The summed E-state index contributed by atoms with van der Waals surface area (Å²) in [5, 5.41) is 0. The van der Waals surface area contributed by atoms with Crippen molar-refractivity contribution in [2.24, 2.45) is 5.92 Å². The summed E-state index contributed by atoms with van der Waals surface area (Å²) in [6.45, 7) is 5.81. The Bertz CT molecular complexity index is 378. The van der Waals surface area contributed by atoms with Gasteiger partial charge in [0.1, 0.15) is 0 Å². The van der Waals surface area contributed by atoms with E-state index in [0.717, 1.165) is 22.6 Å². The van der Waals surface area contributed by atoms with Crippen LogP contribution < -0.4 is 5.73 Å². The molecule has 3 heteroatoms. The van der Waals surface area contributed by atoms with Crippen molar-refractivity contribution in [3.8, 4) is 0 Å². The average Bonchev–Trinajstić information content (AvgIpc) is 2.71. The lowest BCUT2D eigenvalue weighted by atomic mass is 10.0. The van der Waals surface area contributed by atoms with E-state index in [1.165, 1.54) is 37.9 Å². The first-order valence-corrected chi connectivity index (χ1v) is 7.24. The highest BCUT2D eigenvalue weighted by Gasteiger charge is 2.21. The monoisotopic (exact) mass is 296 g/mol. The first-order chi connectivity index (χ1) is 8.19. The van der Waals surface area contributed by atoms with Crippen LogP contribution in [-0.4, -0.2) is 18.0 Å². The summed E-state index contributed by atoms with van der Waals surface area (Å²) < 4.78 is 1.14. The number of nitrogens with zero attached hydrogens (tertiary/aromatic N) is 1. The van der Waals surface area contributed by atoms with Gasteiger partial charge in [0, 0.05) is 23.2 Å². The Morgan fingerprint density at radius 1 is 1.47 bits per heavy atom. The van der Waals surface area contributed by atoms with E-state index in [0.29, 0.717) is 0 Å². The first-order valence-electron chi connectivity index (χ1n) is 6.45. The van der Waals surface area contributed by atoms with Gasteiger partial charge < -0.3 is 5.73 Å². The van der Waals surface area contributed by atoms with Crippen molar-refractivity contribution in [3.63, 3.8) is 0 Å². The molecule has 1 aromatic rings. The number of anilines is 1. The summed E-state index contributed by atoms with van der Waals surface area (Å²) in [6, 6.07) is 6.11. The molecule has 0 saturated carbocycles. The lowest BCUT2D eigenvalue weighted by Gasteiger charge is -2.17. The van der Waals surface area contributed by atoms with Gasteiger partial charge >= 0.3 is 0 Å². The van der Waals surface area contributed by atoms with Crippen LogP contribution in [0.3, 0.4) is 0 Å². The quantitative estimate of drug-likeness (QED) is 0.860. The molecule has 1 aromatic carbocycles. The van der Waals surface area contributed by atoms with Crippen molar-refractivity contribution in [1.29, 1.82) is 0 Å². The predicted octanol–water partition coefficient (Wildman–Crippen LogP) is 3.65. The molecule has 1 saturated heterocycles. The number of nitrogen functional groups attached to an aromatic ring is 1. The molecule has 1 aliphatic rings. The molecule has 0 radical (unpaired) electrons. The molecule has 0 aliphatic carbocycles. The molecule has 0 amide bonds. The van der Waals surface area contributed by atoms with Crippen molar-refractivity contribution >= 4 is 21.6 Å². The van der Waals surface area contributed by atoms with Crippen LogP contribution in [0.2, 0.25) is 0 Å². The van der Waals surface area contributed by atoms with Crippen LogP contribution in [0.15, 0.2) is 22.7 Å². The zero-order chi connectivity index (χ0) is 12.3. The third-order valence-corrected chi connectivity index (χ3v) is 4.28. The molecule has 0 bridgehead atoms. The number of rotatable bonds is 4. The third-order valence-electron chi connectivity index (χ3n) is 3.54. The summed E-state index contributed by atoms with van der Waals surface area (Å²) in [7, 11) is 0. The molecule has 1 aliphatic heterocycles. The van der Waals surface area contributed by atoms with Crippen molar-refractivity contribution in [3.05, 3.63) is 28.2 Å². The highest BCUT2D eigenvalue weighted by Crippen LogP contribution is 2.26. The largest absolute Gasteiger partial charge is 0.399 e. The summed E-state index contributed by atoms with van der Waals surface area (Å²) in [5.41, 5.74) is 7.92. The summed E-state index contributed by atoms with van der Waals surface area (Å²) in [5.74, 6) is 0.910. The minimum Gasteiger partial charge on any atom is -0.399 e. The SMILES string of the molecule is CCCC1CCN(Cc2ccc(N)cc2Br)C1. The van der Waals surface area contributed by atoms with E-state index in [-0.39, 0.29) is 0 Å². The Morgan fingerprint density at radius 2 is 2.29 bits per heavy atom. The number of hydrogen-bond donors (Lipinski definition) is 1. The Balaban J connectivity index is 1.93. The van der Waals surface area contributed by atoms with Gasteiger partial charge in [-0.05, 0) is 43.0 Å². The highest BCUT2D eigenvalue weighted by atomic mass is 79.9. The van der Waals surface area contributed by atoms with Crippen molar-refractivity contribution in [2.75, 3.05) is 18.8 Å². The zero-order valence-corrected chi connectivity index (χ0v) is 12.0. The number of benzene rings is 1. The molecule has 94 valence electrons. The van der Waals surface area contributed by atoms with Gasteiger partial charge in [0.15, 0.2) is 0 Å². The highest BCUT2D eigenvalue weighted by molar-refractivity contribution is 9.10. The Kier molecular flexibility index (Phi) is 4.46. The molecule has 1 unspecified atom stereocenters. The van der Waals surface area contributed by atoms with E-state index in [1.807, 2.05) is 12.1 Å². The number of likely N-dealkylation sites (tertiary alicyclic amines) is 1. The molecule has 2 N–H and O–H groups in total. The van der Waals surface area contributed by atoms with Crippen molar-refractivity contribution < 1.29 is 0 Å². The van der Waals surface area contributed by atoms with E-state index < -0.39 is 0 Å².